The van der Waals surface area contributed by atoms with Crippen LogP contribution in [0.2, 0.25) is 0 Å². The Balaban J connectivity index is 1.51. The molecule has 0 aromatic heterocycles. The summed E-state index contributed by atoms with van der Waals surface area (Å²) in [5, 5.41) is 15.2. The number of para-hydroxylation sites is 1. The van der Waals surface area contributed by atoms with E-state index in [1.54, 1.807) is 0 Å². The number of carbonyl (C=O) groups excluding carboxylic acids is 1. The van der Waals surface area contributed by atoms with Crippen LogP contribution in [-0.4, -0.2) is 47.2 Å². The Hall–Kier alpha value is -2.08. The van der Waals surface area contributed by atoms with Gasteiger partial charge in [-0.15, -0.1) is 0 Å². The Labute approximate surface area is 161 Å². The molecule has 0 saturated heterocycles. The molecule has 27 heavy (non-hydrogen) atoms. The van der Waals surface area contributed by atoms with E-state index in [4.69, 9.17) is 5.11 Å². The first-order valence-corrected chi connectivity index (χ1v) is 10.1. The highest BCUT2D eigenvalue weighted by Crippen LogP contribution is 2.33. The van der Waals surface area contributed by atoms with Crippen molar-refractivity contribution in [1.82, 2.24) is 10.2 Å². The van der Waals surface area contributed by atoms with Crippen molar-refractivity contribution >= 4 is 17.7 Å². The maximum Gasteiger partial charge on any atom is 0.319 e. The number of urea groups is 1. The molecule has 2 saturated carbocycles. The smallest absolute Gasteiger partial charge is 0.319 e. The molecule has 148 valence electrons. The van der Waals surface area contributed by atoms with Crippen molar-refractivity contribution < 1.29 is 14.7 Å². The molecule has 2 fully saturated rings. The lowest BCUT2D eigenvalue weighted by Crippen LogP contribution is -2.56. The van der Waals surface area contributed by atoms with E-state index in [1.165, 1.54) is 12.8 Å². The van der Waals surface area contributed by atoms with Crippen molar-refractivity contribution in [2.45, 2.75) is 64.5 Å². The quantitative estimate of drug-likeness (QED) is 0.621. The molecule has 0 atom stereocenters. The molecule has 0 aliphatic heterocycles. The number of hydrogen-bond acceptors (Lipinski definition) is 3. The summed E-state index contributed by atoms with van der Waals surface area (Å²) in [7, 11) is 0. The Morgan fingerprint density at radius 2 is 1.78 bits per heavy atom. The summed E-state index contributed by atoms with van der Waals surface area (Å²) in [4.78, 5) is 25.7. The molecule has 0 spiro atoms. The van der Waals surface area contributed by atoms with Gasteiger partial charge in [-0.2, -0.15) is 0 Å². The summed E-state index contributed by atoms with van der Waals surface area (Å²) in [6.45, 7) is 5.15. The topological polar surface area (TPSA) is 81.7 Å². The minimum absolute atomic E-state index is 0.101. The molecule has 1 aromatic carbocycles. The zero-order valence-electron chi connectivity index (χ0n) is 16.3. The van der Waals surface area contributed by atoms with Crippen molar-refractivity contribution in [3.63, 3.8) is 0 Å². The average molecular weight is 373 g/mol. The molecular formula is C21H31N3O3. The maximum absolute atomic E-state index is 12.5. The van der Waals surface area contributed by atoms with Crippen LogP contribution in [0.25, 0.3) is 0 Å². The van der Waals surface area contributed by atoms with Gasteiger partial charge in [0.25, 0.3) is 0 Å². The molecule has 6 nitrogen and oxygen atoms in total. The van der Waals surface area contributed by atoms with Crippen LogP contribution in [0.5, 0.6) is 0 Å². The van der Waals surface area contributed by atoms with E-state index < -0.39 is 5.97 Å². The Bertz CT molecular complexity index is 659. The summed E-state index contributed by atoms with van der Waals surface area (Å²) in [5.74, 6) is -0.106. The molecule has 2 aliphatic rings. The molecule has 2 aliphatic carbocycles. The monoisotopic (exact) mass is 373 g/mol. The predicted octanol–water partition coefficient (Wildman–Crippen LogP) is 3.26. The number of carboxylic acids is 1. The Morgan fingerprint density at radius 1 is 1.15 bits per heavy atom. The number of nitrogens with zero attached hydrogens (tertiary/aromatic N) is 1. The number of nitrogens with one attached hydrogen (secondary N) is 2. The van der Waals surface area contributed by atoms with E-state index in [9.17, 15) is 9.59 Å². The molecule has 2 amide bonds. The third-order valence-corrected chi connectivity index (χ3v) is 5.73. The first-order chi connectivity index (χ1) is 13.0. The van der Waals surface area contributed by atoms with Gasteiger partial charge in [-0.05, 0) is 55.6 Å². The molecule has 0 radical (unpaired) electrons. The number of hydrogen-bond donors (Lipinski definition) is 3. The summed E-state index contributed by atoms with van der Waals surface area (Å²) in [6.07, 6.45) is 5.82. The van der Waals surface area contributed by atoms with E-state index in [0.717, 1.165) is 49.0 Å². The standard InChI is InChI=1S/C21H31N3O3/c1-3-15-6-5-7-16(4-2)20(15)23-21(27)22-17-10-18(11-17)24(13-19(25)26)12-14-8-9-14/h5-7,14,17-18H,3-4,8-13H2,1-2H3,(H,25,26)(H2,22,23,27). The van der Waals surface area contributed by atoms with E-state index in [-0.39, 0.29) is 24.7 Å². The van der Waals surface area contributed by atoms with Gasteiger partial charge in [0.15, 0.2) is 0 Å². The summed E-state index contributed by atoms with van der Waals surface area (Å²) < 4.78 is 0. The molecule has 3 N–H and O–H groups in total. The van der Waals surface area contributed by atoms with Crippen molar-refractivity contribution in [1.29, 1.82) is 0 Å². The van der Waals surface area contributed by atoms with Gasteiger partial charge in [0, 0.05) is 24.3 Å². The van der Waals surface area contributed by atoms with Crippen LogP contribution in [0.3, 0.4) is 0 Å². The van der Waals surface area contributed by atoms with Gasteiger partial charge in [-0.25, -0.2) is 4.79 Å². The SMILES string of the molecule is CCc1cccc(CC)c1NC(=O)NC1CC(N(CC(=O)O)CC2CC2)C1. The number of amides is 2. The third kappa shape index (κ3) is 5.22. The number of anilines is 1. The second-order valence-electron chi connectivity index (χ2n) is 7.85. The lowest BCUT2D eigenvalue weighted by molar-refractivity contribution is -0.139. The molecule has 6 heteroatoms. The first-order valence-electron chi connectivity index (χ1n) is 10.1. The normalized spacial score (nSPS) is 21.6. The van der Waals surface area contributed by atoms with E-state index in [0.29, 0.717) is 5.92 Å². The number of aryl methyl sites for hydroxylation is 2. The molecule has 0 unspecified atom stereocenters. The molecule has 0 bridgehead atoms. The van der Waals surface area contributed by atoms with Crippen molar-refractivity contribution in [2.75, 3.05) is 18.4 Å². The van der Waals surface area contributed by atoms with E-state index in [1.807, 2.05) is 6.07 Å². The van der Waals surface area contributed by atoms with Crippen molar-refractivity contribution in [3.8, 4) is 0 Å². The maximum atomic E-state index is 12.5. The predicted molar refractivity (Wildman–Crippen MR) is 106 cm³/mol. The van der Waals surface area contributed by atoms with Gasteiger partial charge in [0.2, 0.25) is 0 Å². The number of carboxylic acid groups (broad SMARTS) is 1. The first kappa shape index (κ1) is 19.7. The van der Waals surface area contributed by atoms with Crippen LogP contribution >= 0.6 is 0 Å². The summed E-state index contributed by atoms with van der Waals surface area (Å²) in [5.41, 5.74) is 3.22. The third-order valence-electron chi connectivity index (χ3n) is 5.73. The molecule has 0 heterocycles. The van der Waals surface area contributed by atoms with Gasteiger partial charge < -0.3 is 15.7 Å². The van der Waals surface area contributed by atoms with Gasteiger partial charge in [0.05, 0.1) is 6.54 Å². The molecule has 3 rings (SSSR count). The zero-order chi connectivity index (χ0) is 19.4. The minimum Gasteiger partial charge on any atom is -0.480 e. The zero-order valence-corrected chi connectivity index (χ0v) is 16.3. The fourth-order valence-corrected chi connectivity index (χ4v) is 3.89. The lowest BCUT2D eigenvalue weighted by atomic mass is 9.85. The molecular weight excluding hydrogens is 342 g/mol. The van der Waals surface area contributed by atoms with Crippen LogP contribution < -0.4 is 10.6 Å². The van der Waals surface area contributed by atoms with Gasteiger partial charge in [0.1, 0.15) is 0 Å². The number of carbonyl (C=O) groups is 2. The highest BCUT2D eigenvalue weighted by Gasteiger charge is 2.37. The van der Waals surface area contributed by atoms with E-state index in [2.05, 4.69) is 41.5 Å². The van der Waals surface area contributed by atoms with Gasteiger partial charge in [-0.3, -0.25) is 9.69 Å². The fourth-order valence-electron chi connectivity index (χ4n) is 3.89. The minimum atomic E-state index is -0.770. The Kier molecular flexibility index (Phi) is 6.37. The van der Waals surface area contributed by atoms with E-state index >= 15 is 0 Å². The van der Waals surface area contributed by atoms with Crippen molar-refractivity contribution in [2.24, 2.45) is 5.92 Å². The van der Waals surface area contributed by atoms with Crippen LogP contribution in [-0.2, 0) is 17.6 Å². The molecule has 1 aromatic rings. The van der Waals surface area contributed by atoms with Crippen LogP contribution in [0.4, 0.5) is 10.5 Å². The summed E-state index contributed by atoms with van der Waals surface area (Å²) in [6, 6.07) is 6.35. The largest absolute Gasteiger partial charge is 0.480 e. The van der Waals surface area contributed by atoms with Crippen LogP contribution in [0.1, 0.15) is 50.7 Å². The Morgan fingerprint density at radius 3 is 2.30 bits per heavy atom. The van der Waals surface area contributed by atoms with Crippen molar-refractivity contribution in [3.05, 3.63) is 29.3 Å². The second kappa shape index (κ2) is 8.74. The number of benzene rings is 1. The number of aliphatic carboxylic acids is 1. The second-order valence-corrected chi connectivity index (χ2v) is 7.85. The van der Waals surface area contributed by atoms with Crippen LogP contribution in [0, 0.1) is 5.92 Å². The number of rotatable bonds is 9. The fraction of sp³-hybridized carbons (Fsp3) is 0.619. The summed E-state index contributed by atoms with van der Waals surface area (Å²) >= 11 is 0. The van der Waals surface area contributed by atoms with Gasteiger partial charge >= 0.3 is 12.0 Å². The van der Waals surface area contributed by atoms with Gasteiger partial charge in [-0.1, -0.05) is 32.0 Å². The highest BCUT2D eigenvalue weighted by molar-refractivity contribution is 5.91. The lowest BCUT2D eigenvalue weighted by Gasteiger charge is -2.42. The highest BCUT2D eigenvalue weighted by atomic mass is 16.4. The van der Waals surface area contributed by atoms with Crippen LogP contribution in [0.15, 0.2) is 18.2 Å². The average Bonchev–Trinajstić information content (AvgIpc) is 3.41.